The summed E-state index contributed by atoms with van der Waals surface area (Å²) in [6.07, 6.45) is 0.654. The number of methoxy groups -OCH3 is 1. The van der Waals surface area contributed by atoms with E-state index in [0.29, 0.717) is 17.7 Å². The van der Waals surface area contributed by atoms with Gasteiger partial charge in [-0.25, -0.2) is 8.96 Å². The Bertz CT molecular complexity index is 1150. The second-order valence-corrected chi connectivity index (χ2v) is 8.80. The van der Waals surface area contributed by atoms with Crippen LogP contribution < -0.4 is 14.5 Å². The second-order valence-electron chi connectivity index (χ2n) is 7.75. The zero-order valence-corrected chi connectivity index (χ0v) is 19.0. The molecular formula is C24H26FN3O3S. The number of piperazine rings is 1. The summed E-state index contributed by atoms with van der Waals surface area (Å²) < 4.78 is 20.1. The average Bonchev–Trinajstić information content (AvgIpc) is 3.14. The highest BCUT2D eigenvalue weighted by molar-refractivity contribution is 7.09. The van der Waals surface area contributed by atoms with Gasteiger partial charge in [0.05, 0.1) is 18.5 Å². The summed E-state index contributed by atoms with van der Waals surface area (Å²) in [6.45, 7) is 5.72. The molecule has 4 rings (SSSR count). The first-order valence-electron chi connectivity index (χ1n) is 10.6. The summed E-state index contributed by atoms with van der Waals surface area (Å²) in [5, 5.41) is 0. The van der Waals surface area contributed by atoms with Gasteiger partial charge in [0.1, 0.15) is 11.6 Å². The van der Waals surface area contributed by atoms with E-state index < -0.39 is 0 Å². The van der Waals surface area contributed by atoms with Crippen LogP contribution in [0, 0.1) is 5.82 Å². The molecular weight excluding hydrogens is 429 g/mol. The molecule has 168 valence electrons. The summed E-state index contributed by atoms with van der Waals surface area (Å²) in [5.41, 5.74) is 2.36. The first-order valence-corrected chi connectivity index (χ1v) is 11.4. The number of aromatic nitrogens is 1. The van der Waals surface area contributed by atoms with Crippen molar-refractivity contribution in [1.29, 1.82) is 0 Å². The first kappa shape index (κ1) is 22.2. The van der Waals surface area contributed by atoms with E-state index in [-0.39, 0.29) is 16.6 Å². The quantitative estimate of drug-likeness (QED) is 0.567. The molecule has 3 aromatic rings. The minimum atomic E-state index is -0.352. The average molecular weight is 456 g/mol. The molecule has 0 aliphatic carbocycles. The van der Waals surface area contributed by atoms with Crippen LogP contribution in [-0.2, 0) is 6.42 Å². The van der Waals surface area contributed by atoms with Crippen molar-refractivity contribution in [3.05, 3.63) is 68.9 Å². The van der Waals surface area contributed by atoms with E-state index in [9.17, 15) is 14.0 Å². The normalized spacial score (nSPS) is 14.5. The Balaban J connectivity index is 1.47. The predicted octanol–water partition coefficient (Wildman–Crippen LogP) is 3.75. The highest BCUT2D eigenvalue weighted by atomic mass is 32.1. The van der Waals surface area contributed by atoms with Crippen LogP contribution in [0.1, 0.15) is 16.6 Å². The Hall–Kier alpha value is -2.97. The molecule has 1 aliphatic rings. The number of carbonyl (C=O) groups excluding carboxylic acids is 1. The number of benzene rings is 2. The lowest BCUT2D eigenvalue weighted by molar-refractivity contribution is 0.0936. The van der Waals surface area contributed by atoms with Gasteiger partial charge in [-0.05, 0) is 42.8 Å². The fourth-order valence-corrected chi connectivity index (χ4v) is 5.15. The van der Waals surface area contributed by atoms with E-state index in [2.05, 4.69) is 15.9 Å². The van der Waals surface area contributed by atoms with Gasteiger partial charge in [0.25, 0.3) is 0 Å². The molecule has 1 aromatic heterocycles. The minimum Gasteiger partial charge on any atom is -0.495 e. The van der Waals surface area contributed by atoms with E-state index in [1.165, 1.54) is 23.6 Å². The Labute approximate surface area is 190 Å². The maximum Gasteiger partial charge on any atom is 0.314 e. The van der Waals surface area contributed by atoms with Crippen LogP contribution in [0.5, 0.6) is 5.75 Å². The smallest absolute Gasteiger partial charge is 0.314 e. The van der Waals surface area contributed by atoms with Crippen LogP contribution in [0.4, 0.5) is 10.1 Å². The molecule has 6 nitrogen and oxygen atoms in total. The third kappa shape index (κ3) is 4.61. The molecule has 0 unspecified atom stereocenters. The number of hydrogen-bond acceptors (Lipinski definition) is 6. The number of rotatable bonds is 6. The van der Waals surface area contributed by atoms with E-state index in [1.54, 1.807) is 19.2 Å². The Morgan fingerprint density at radius 2 is 1.75 bits per heavy atom. The van der Waals surface area contributed by atoms with Crippen LogP contribution >= 0.6 is 11.3 Å². The third-order valence-electron chi connectivity index (χ3n) is 5.77. The number of hydrogen-bond donors (Lipinski definition) is 0. The van der Waals surface area contributed by atoms with Crippen LogP contribution in [0.25, 0.3) is 11.3 Å². The van der Waals surface area contributed by atoms with Gasteiger partial charge >= 0.3 is 4.87 Å². The monoisotopic (exact) mass is 455 g/mol. The molecule has 2 aromatic carbocycles. The topological polar surface area (TPSA) is 54.8 Å². The fourth-order valence-electron chi connectivity index (χ4n) is 4.13. The predicted molar refractivity (Wildman–Crippen MR) is 126 cm³/mol. The van der Waals surface area contributed by atoms with Crippen molar-refractivity contribution in [2.45, 2.75) is 13.3 Å². The van der Waals surface area contributed by atoms with Crippen molar-refractivity contribution < 1.29 is 13.9 Å². The fraction of sp³-hybridized carbons (Fsp3) is 0.333. The minimum absolute atomic E-state index is 0.298. The molecule has 1 saturated heterocycles. The van der Waals surface area contributed by atoms with Crippen molar-refractivity contribution in [2.75, 3.05) is 44.7 Å². The molecule has 0 N–H and O–H groups in total. The SMILES string of the molecule is COc1ccccc1N1CCN(CCc2sc(=O)n(C(C)=O)c2-c2ccc(F)cc2)CC1. The molecule has 0 saturated carbocycles. The van der Waals surface area contributed by atoms with Gasteiger partial charge in [0, 0.05) is 50.1 Å². The van der Waals surface area contributed by atoms with Crippen LogP contribution in [0.3, 0.4) is 0 Å². The Morgan fingerprint density at radius 1 is 1.06 bits per heavy atom. The number of ether oxygens (including phenoxy) is 1. The van der Waals surface area contributed by atoms with Gasteiger partial charge < -0.3 is 9.64 Å². The molecule has 1 aliphatic heterocycles. The largest absolute Gasteiger partial charge is 0.495 e. The zero-order valence-electron chi connectivity index (χ0n) is 18.2. The lowest BCUT2D eigenvalue weighted by Crippen LogP contribution is -2.47. The molecule has 0 spiro atoms. The van der Waals surface area contributed by atoms with E-state index in [1.807, 2.05) is 18.2 Å². The van der Waals surface area contributed by atoms with Crippen LogP contribution in [-0.4, -0.2) is 55.2 Å². The molecule has 0 bridgehead atoms. The molecule has 1 fully saturated rings. The number of anilines is 1. The van der Waals surface area contributed by atoms with E-state index in [4.69, 9.17) is 4.74 Å². The molecule has 0 radical (unpaired) electrons. The van der Waals surface area contributed by atoms with Crippen molar-refractivity contribution in [3.63, 3.8) is 0 Å². The van der Waals surface area contributed by atoms with Crippen molar-refractivity contribution in [3.8, 4) is 17.0 Å². The number of nitrogens with zero attached hydrogens (tertiary/aromatic N) is 3. The van der Waals surface area contributed by atoms with Crippen LogP contribution in [0.2, 0.25) is 0 Å². The van der Waals surface area contributed by atoms with Gasteiger partial charge in [0.15, 0.2) is 0 Å². The highest BCUT2D eigenvalue weighted by Crippen LogP contribution is 2.29. The number of thiazole rings is 1. The van der Waals surface area contributed by atoms with Gasteiger partial charge in [-0.15, -0.1) is 0 Å². The standard InChI is InChI=1S/C24H26FN3O3S/c1-17(29)28-23(18-7-9-19(25)10-8-18)22(32-24(28)30)11-12-26-13-15-27(16-14-26)20-5-3-4-6-21(20)31-2/h3-10H,11-16H2,1-2H3. The van der Waals surface area contributed by atoms with E-state index >= 15 is 0 Å². The lowest BCUT2D eigenvalue weighted by Gasteiger charge is -2.36. The van der Waals surface area contributed by atoms with Gasteiger partial charge in [0.2, 0.25) is 5.91 Å². The second kappa shape index (κ2) is 9.67. The number of para-hydroxylation sites is 2. The molecule has 0 amide bonds. The number of halogens is 1. The summed E-state index contributed by atoms with van der Waals surface area (Å²) in [4.78, 5) is 29.9. The molecule has 32 heavy (non-hydrogen) atoms. The molecule has 0 atom stereocenters. The van der Waals surface area contributed by atoms with Crippen molar-refractivity contribution >= 4 is 22.9 Å². The van der Waals surface area contributed by atoms with Crippen LogP contribution in [0.15, 0.2) is 53.3 Å². The maximum absolute atomic E-state index is 13.4. The Kier molecular flexibility index (Phi) is 6.72. The first-order chi connectivity index (χ1) is 15.5. The summed E-state index contributed by atoms with van der Waals surface area (Å²) in [6, 6.07) is 14.0. The van der Waals surface area contributed by atoms with Gasteiger partial charge in [-0.1, -0.05) is 23.5 Å². The van der Waals surface area contributed by atoms with Crippen molar-refractivity contribution in [1.82, 2.24) is 9.47 Å². The van der Waals surface area contributed by atoms with Gasteiger partial charge in [-0.2, -0.15) is 0 Å². The highest BCUT2D eigenvalue weighted by Gasteiger charge is 2.22. The number of carbonyl (C=O) groups is 1. The van der Waals surface area contributed by atoms with E-state index in [0.717, 1.165) is 60.4 Å². The summed E-state index contributed by atoms with van der Waals surface area (Å²) in [5.74, 6) is 0.192. The molecule has 2 heterocycles. The summed E-state index contributed by atoms with van der Waals surface area (Å²) >= 11 is 1.10. The van der Waals surface area contributed by atoms with Crippen molar-refractivity contribution in [2.24, 2.45) is 0 Å². The zero-order chi connectivity index (χ0) is 22.7. The summed E-state index contributed by atoms with van der Waals surface area (Å²) in [7, 11) is 1.69. The molecule has 8 heteroatoms. The Morgan fingerprint density at radius 3 is 2.41 bits per heavy atom. The third-order valence-corrected chi connectivity index (χ3v) is 6.77. The maximum atomic E-state index is 13.4. The lowest BCUT2D eigenvalue weighted by atomic mass is 10.1. The van der Waals surface area contributed by atoms with Gasteiger partial charge in [-0.3, -0.25) is 14.5 Å².